The number of carbonyl (C=O) groups is 2. The van der Waals surface area contributed by atoms with Crippen molar-refractivity contribution in [2.24, 2.45) is 0 Å². The van der Waals surface area contributed by atoms with Gasteiger partial charge in [-0.05, 0) is 36.4 Å². The Balaban J connectivity index is 2.19. The van der Waals surface area contributed by atoms with Crippen LogP contribution < -0.4 is 5.32 Å². The summed E-state index contributed by atoms with van der Waals surface area (Å²) in [6, 6.07) is 8.14. The van der Waals surface area contributed by atoms with E-state index in [1.807, 2.05) is 0 Å². The smallest absolute Gasteiger partial charge is 0.337 e. The van der Waals surface area contributed by atoms with Gasteiger partial charge in [-0.1, -0.05) is 23.2 Å². The van der Waals surface area contributed by atoms with Crippen molar-refractivity contribution < 1.29 is 18.7 Å². The first-order chi connectivity index (χ1) is 10.4. The molecule has 0 atom stereocenters. The van der Waals surface area contributed by atoms with E-state index < -0.39 is 17.7 Å². The van der Waals surface area contributed by atoms with Gasteiger partial charge in [0.1, 0.15) is 5.82 Å². The molecule has 1 N–H and O–H groups in total. The van der Waals surface area contributed by atoms with Gasteiger partial charge in [-0.2, -0.15) is 0 Å². The molecule has 0 heterocycles. The fourth-order valence-electron chi connectivity index (χ4n) is 1.70. The maximum absolute atomic E-state index is 13.4. The molecular weight excluding hydrogens is 332 g/mol. The number of anilines is 1. The average Bonchev–Trinajstić information content (AvgIpc) is 2.50. The Bertz CT molecular complexity index is 732. The highest BCUT2D eigenvalue weighted by Crippen LogP contribution is 2.25. The summed E-state index contributed by atoms with van der Waals surface area (Å²) in [5.74, 6) is -1.82. The number of rotatable bonds is 3. The highest BCUT2D eigenvalue weighted by molar-refractivity contribution is 6.37. The number of carbonyl (C=O) groups excluding carboxylic acids is 2. The van der Waals surface area contributed by atoms with Crippen LogP contribution in [0.15, 0.2) is 36.4 Å². The van der Waals surface area contributed by atoms with Gasteiger partial charge in [0.15, 0.2) is 0 Å². The molecule has 0 fully saturated rings. The molecule has 7 heteroatoms. The molecule has 0 aliphatic rings. The van der Waals surface area contributed by atoms with Crippen molar-refractivity contribution in [2.75, 3.05) is 12.4 Å². The Morgan fingerprint density at radius 2 is 1.73 bits per heavy atom. The van der Waals surface area contributed by atoms with Crippen LogP contribution >= 0.6 is 23.2 Å². The zero-order valence-corrected chi connectivity index (χ0v) is 12.8. The summed E-state index contributed by atoms with van der Waals surface area (Å²) in [7, 11) is 1.27. The lowest BCUT2D eigenvalue weighted by atomic mass is 10.1. The number of halogens is 3. The van der Waals surface area contributed by atoms with E-state index in [0.29, 0.717) is 11.3 Å². The predicted molar refractivity (Wildman–Crippen MR) is 82.2 cm³/mol. The summed E-state index contributed by atoms with van der Waals surface area (Å²) < 4.78 is 18.0. The van der Waals surface area contributed by atoms with Crippen LogP contribution in [-0.4, -0.2) is 19.0 Å². The number of nitrogens with one attached hydrogen (secondary N) is 1. The van der Waals surface area contributed by atoms with Crippen molar-refractivity contribution in [1.82, 2.24) is 0 Å². The van der Waals surface area contributed by atoms with E-state index in [1.54, 1.807) is 0 Å². The van der Waals surface area contributed by atoms with Crippen molar-refractivity contribution in [3.63, 3.8) is 0 Å². The Morgan fingerprint density at radius 1 is 1.09 bits per heavy atom. The maximum atomic E-state index is 13.4. The Morgan fingerprint density at radius 3 is 2.32 bits per heavy atom. The van der Waals surface area contributed by atoms with Gasteiger partial charge in [-0.15, -0.1) is 0 Å². The Labute approximate surface area is 135 Å². The fraction of sp³-hybridized carbons (Fsp3) is 0.0667. The molecule has 0 aromatic heterocycles. The number of hydrogen-bond donors (Lipinski definition) is 1. The molecule has 2 aromatic rings. The topological polar surface area (TPSA) is 55.4 Å². The summed E-state index contributed by atoms with van der Waals surface area (Å²) in [5, 5.41) is 2.42. The van der Waals surface area contributed by atoms with Crippen LogP contribution in [0.3, 0.4) is 0 Å². The van der Waals surface area contributed by atoms with Gasteiger partial charge in [0.2, 0.25) is 0 Å². The number of ether oxygens (including phenoxy) is 1. The summed E-state index contributed by atoms with van der Waals surface area (Å²) in [4.78, 5) is 23.4. The first kappa shape index (κ1) is 16.3. The minimum atomic E-state index is -0.739. The van der Waals surface area contributed by atoms with Crippen LogP contribution in [0.25, 0.3) is 0 Å². The molecule has 22 heavy (non-hydrogen) atoms. The molecule has 114 valence electrons. The monoisotopic (exact) mass is 341 g/mol. The van der Waals surface area contributed by atoms with E-state index in [4.69, 9.17) is 23.2 Å². The molecule has 0 aliphatic heterocycles. The lowest BCUT2D eigenvalue weighted by molar-refractivity contribution is 0.0600. The standard InChI is InChI=1S/C15H10Cl2FNO3/c1-22-15(21)8-2-4-9(5-3-8)19-14(20)10-6-13(18)12(17)7-11(10)16/h2-7H,1H3,(H,19,20). The predicted octanol–water partition coefficient (Wildman–Crippen LogP) is 4.17. The van der Waals surface area contributed by atoms with Crippen LogP contribution in [0, 0.1) is 5.82 Å². The van der Waals surface area contributed by atoms with E-state index in [2.05, 4.69) is 10.1 Å². The van der Waals surface area contributed by atoms with Crippen molar-refractivity contribution >= 4 is 40.8 Å². The average molecular weight is 342 g/mol. The first-order valence-corrected chi connectivity index (χ1v) is 6.82. The molecular formula is C15H10Cl2FNO3. The van der Waals surface area contributed by atoms with Gasteiger partial charge in [0, 0.05) is 5.69 Å². The van der Waals surface area contributed by atoms with Gasteiger partial charge >= 0.3 is 5.97 Å². The zero-order valence-electron chi connectivity index (χ0n) is 11.3. The Hall–Kier alpha value is -2.11. The second-order valence-corrected chi connectivity index (χ2v) is 5.08. The first-order valence-electron chi connectivity index (χ1n) is 6.06. The van der Waals surface area contributed by atoms with Crippen molar-refractivity contribution in [3.8, 4) is 0 Å². The summed E-state index contributed by atoms with van der Waals surface area (Å²) in [6.45, 7) is 0. The number of benzene rings is 2. The minimum Gasteiger partial charge on any atom is -0.465 e. The molecule has 2 aromatic carbocycles. The minimum absolute atomic E-state index is 0.0371. The highest BCUT2D eigenvalue weighted by atomic mass is 35.5. The van der Waals surface area contributed by atoms with E-state index in [1.165, 1.54) is 31.4 Å². The fourth-order valence-corrected chi connectivity index (χ4v) is 2.17. The van der Waals surface area contributed by atoms with Gasteiger partial charge in [0.05, 0.1) is 28.3 Å². The Kier molecular flexibility index (Phi) is 5.00. The third kappa shape index (κ3) is 3.55. The van der Waals surface area contributed by atoms with E-state index in [-0.39, 0.29) is 15.6 Å². The summed E-state index contributed by atoms with van der Waals surface area (Å²) >= 11 is 11.5. The summed E-state index contributed by atoms with van der Waals surface area (Å²) in [6.07, 6.45) is 0. The molecule has 0 saturated carbocycles. The third-order valence-electron chi connectivity index (χ3n) is 2.82. The molecule has 0 radical (unpaired) electrons. The second-order valence-electron chi connectivity index (χ2n) is 4.27. The maximum Gasteiger partial charge on any atom is 0.337 e. The van der Waals surface area contributed by atoms with Crippen LogP contribution in [0.2, 0.25) is 10.0 Å². The number of hydrogen-bond acceptors (Lipinski definition) is 3. The van der Waals surface area contributed by atoms with Crippen LogP contribution in [0.4, 0.5) is 10.1 Å². The SMILES string of the molecule is COC(=O)c1ccc(NC(=O)c2cc(F)c(Cl)cc2Cl)cc1. The van der Waals surface area contributed by atoms with Gasteiger partial charge < -0.3 is 10.1 Å². The largest absolute Gasteiger partial charge is 0.465 e. The summed E-state index contributed by atoms with van der Waals surface area (Å²) in [5.41, 5.74) is 0.723. The van der Waals surface area contributed by atoms with Gasteiger partial charge in [-0.3, -0.25) is 4.79 Å². The molecule has 0 aliphatic carbocycles. The molecule has 2 rings (SSSR count). The van der Waals surface area contributed by atoms with Gasteiger partial charge in [0.25, 0.3) is 5.91 Å². The van der Waals surface area contributed by atoms with Crippen molar-refractivity contribution in [3.05, 3.63) is 63.4 Å². The van der Waals surface area contributed by atoms with Crippen LogP contribution in [-0.2, 0) is 4.74 Å². The van der Waals surface area contributed by atoms with Crippen LogP contribution in [0.1, 0.15) is 20.7 Å². The molecule has 4 nitrogen and oxygen atoms in total. The number of amides is 1. The lowest BCUT2D eigenvalue weighted by Crippen LogP contribution is -2.13. The number of methoxy groups -OCH3 is 1. The molecule has 0 bridgehead atoms. The van der Waals surface area contributed by atoms with E-state index in [0.717, 1.165) is 12.1 Å². The third-order valence-corrected chi connectivity index (χ3v) is 3.42. The normalized spacial score (nSPS) is 10.2. The van der Waals surface area contributed by atoms with Crippen molar-refractivity contribution in [1.29, 1.82) is 0 Å². The number of esters is 1. The van der Waals surface area contributed by atoms with Crippen LogP contribution in [0.5, 0.6) is 0 Å². The van der Waals surface area contributed by atoms with E-state index >= 15 is 0 Å². The zero-order chi connectivity index (χ0) is 16.3. The van der Waals surface area contributed by atoms with Crippen molar-refractivity contribution in [2.45, 2.75) is 0 Å². The molecule has 0 unspecified atom stereocenters. The molecule has 0 saturated heterocycles. The lowest BCUT2D eigenvalue weighted by Gasteiger charge is -2.08. The highest BCUT2D eigenvalue weighted by Gasteiger charge is 2.14. The molecule has 0 spiro atoms. The second kappa shape index (κ2) is 6.77. The quantitative estimate of drug-likeness (QED) is 0.673. The molecule has 1 amide bonds. The van der Waals surface area contributed by atoms with Gasteiger partial charge in [-0.25, -0.2) is 9.18 Å². The van der Waals surface area contributed by atoms with E-state index in [9.17, 15) is 14.0 Å².